The topological polar surface area (TPSA) is 85.8 Å². The average molecular weight is 612 g/mol. The molecule has 0 aromatic heterocycles. The maximum Gasteiger partial charge on any atom is 0.416 e. The van der Waals surface area contributed by atoms with Gasteiger partial charge in [0, 0.05) is 24.6 Å². The van der Waals surface area contributed by atoms with Gasteiger partial charge in [-0.25, -0.2) is 4.39 Å². The van der Waals surface area contributed by atoms with Crippen LogP contribution in [0.1, 0.15) is 38.2 Å². The molecule has 11 heteroatoms. The van der Waals surface area contributed by atoms with E-state index in [9.17, 15) is 27.2 Å². The van der Waals surface area contributed by atoms with Gasteiger partial charge in [0.1, 0.15) is 5.82 Å². The fraction of sp³-hybridized carbons (Fsp3) is 0.364. The Hall–Kier alpha value is -4.09. The van der Waals surface area contributed by atoms with Gasteiger partial charge in [0.25, 0.3) is 0 Å². The number of rotatable bonds is 11. The fourth-order valence-corrected chi connectivity index (χ4v) is 5.33. The minimum absolute atomic E-state index is 0.326. The first-order valence-corrected chi connectivity index (χ1v) is 14.6. The summed E-state index contributed by atoms with van der Waals surface area (Å²) in [6, 6.07) is 8.25. The molecule has 44 heavy (non-hydrogen) atoms. The Labute approximate surface area is 254 Å². The Kier molecular flexibility index (Phi) is 10.9. The Bertz CT molecular complexity index is 1450. The van der Waals surface area contributed by atoms with E-state index in [1.165, 1.54) is 12.5 Å². The lowest BCUT2D eigenvalue weighted by atomic mass is 9.75. The third-order valence-electron chi connectivity index (χ3n) is 7.89. The lowest BCUT2D eigenvalue weighted by molar-refractivity contribution is -0.137. The van der Waals surface area contributed by atoms with Crippen LogP contribution >= 0.6 is 0 Å². The van der Waals surface area contributed by atoms with Gasteiger partial charge in [-0.3, -0.25) is 14.6 Å². The Balaban J connectivity index is 1.45. The number of piperidine rings is 1. The zero-order valence-electron chi connectivity index (χ0n) is 24.6. The second-order valence-electron chi connectivity index (χ2n) is 11.2. The largest absolute Gasteiger partial charge is 0.416 e. The quantitative estimate of drug-likeness (QED) is 0.151. The van der Waals surface area contributed by atoms with E-state index in [0.717, 1.165) is 50.2 Å². The molecule has 1 aliphatic heterocycles. The molecular formula is C33H37F4N5O2. The highest BCUT2D eigenvalue weighted by Crippen LogP contribution is 2.35. The van der Waals surface area contributed by atoms with Crippen molar-refractivity contribution in [1.82, 2.24) is 10.2 Å². The summed E-state index contributed by atoms with van der Waals surface area (Å²) in [5.41, 5.74) is -0.362. The van der Waals surface area contributed by atoms with E-state index in [-0.39, 0.29) is 11.6 Å². The number of carbonyl (C=O) groups excluding carboxylic acids is 2. The second-order valence-corrected chi connectivity index (χ2v) is 11.2. The van der Waals surface area contributed by atoms with Crippen LogP contribution in [0.15, 0.2) is 83.4 Å². The standard InChI is InChI=1S/C33H37F4N5O2/c1-32(16-14-23(15-17-32)10-13-29(43)40-28-9-5-4-8-27(28)38-2)30(39-18-21-42-19-6-3-7-20-42)31(44)41-26-12-11-24(22-25(26)34)33(35,36)37/h4-5,8-16,22,30,39H,2-3,6-7,17-21H2,1H3,(H,40,43)(H,41,44)/b13-10+. The van der Waals surface area contributed by atoms with Crippen LogP contribution in [-0.4, -0.2) is 55.7 Å². The van der Waals surface area contributed by atoms with Gasteiger partial charge in [-0.1, -0.05) is 43.7 Å². The minimum atomic E-state index is -4.70. The summed E-state index contributed by atoms with van der Waals surface area (Å²) in [4.78, 5) is 32.3. The Morgan fingerprint density at radius 3 is 2.50 bits per heavy atom. The van der Waals surface area contributed by atoms with E-state index >= 15 is 0 Å². The normalized spacial score (nSPS) is 19.8. The number of hydrogen-bond acceptors (Lipinski definition) is 5. The van der Waals surface area contributed by atoms with Crippen molar-refractivity contribution >= 4 is 35.6 Å². The number of benzene rings is 2. The summed E-state index contributed by atoms with van der Waals surface area (Å²) >= 11 is 0. The summed E-state index contributed by atoms with van der Waals surface area (Å²) in [5.74, 6) is -2.07. The third kappa shape index (κ3) is 8.73. The summed E-state index contributed by atoms with van der Waals surface area (Å²) in [5, 5.41) is 8.58. The van der Waals surface area contributed by atoms with Crippen LogP contribution in [0.5, 0.6) is 0 Å². The number of allylic oxidation sites excluding steroid dienone is 4. The number of anilines is 2. The monoisotopic (exact) mass is 611 g/mol. The number of halogens is 4. The first-order chi connectivity index (χ1) is 21.0. The molecule has 3 N–H and O–H groups in total. The Morgan fingerprint density at radius 1 is 1.09 bits per heavy atom. The highest BCUT2D eigenvalue weighted by atomic mass is 19.4. The van der Waals surface area contributed by atoms with Gasteiger partial charge in [0.2, 0.25) is 11.8 Å². The average Bonchev–Trinajstić information content (AvgIpc) is 3.00. The van der Waals surface area contributed by atoms with E-state index < -0.39 is 34.9 Å². The van der Waals surface area contributed by atoms with Gasteiger partial charge in [-0.05, 0) is 81.1 Å². The van der Waals surface area contributed by atoms with Crippen molar-refractivity contribution in [2.24, 2.45) is 10.4 Å². The van der Waals surface area contributed by atoms with Crippen LogP contribution in [0, 0.1) is 11.2 Å². The first-order valence-electron chi connectivity index (χ1n) is 14.6. The van der Waals surface area contributed by atoms with Crippen LogP contribution in [0.4, 0.5) is 34.6 Å². The molecule has 2 unspecified atom stereocenters. The molecule has 0 saturated carbocycles. The van der Waals surface area contributed by atoms with Gasteiger partial charge in [0.05, 0.1) is 28.7 Å². The number of carbonyl (C=O) groups is 2. The fourth-order valence-electron chi connectivity index (χ4n) is 5.33. The van der Waals surface area contributed by atoms with E-state index in [2.05, 4.69) is 32.6 Å². The molecular weight excluding hydrogens is 574 g/mol. The van der Waals surface area contributed by atoms with Gasteiger partial charge in [-0.2, -0.15) is 13.2 Å². The number of hydrogen-bond donors (Lipinski definition) is 3. The van der Waals surface area contributed by atoms with Crippen LogP contribution in [0.25, 0.3) is 0 Å². The molecule has 2 amide bonds. The van der Waals surface area contributed by atoms with E-state index in [0.29, 0.717) is 30.4 Å². The van der Waals surface area contributed by atoms with Crippen LogP contribution < -0.4 is 16.0 Å². The molecule has 1 fully saturated rings. The van der Waals surface area contributed by atoms with Crippen molar-refractivity contribution in [3.05, 3.63) is 89.8 Å². The lowest BCUT2D eigenvalue weighted by Crippen LogP contribution is -2.53. The smallest absolute Gasteiger partial charge is 0.322 e. The van der Waals surface area contributed by atoms with Crippen molar-refractivity contribution in [3.63, 3.8) is 0 Å². The highest BCUT2D eigenvalue weighted by Gasteiger charge is 2.38. The predicted molar refractivity (Wildman–Crippen MR) is 165 cm³/mol. The minimum Gasteiger partial charge on any atom is -0.322 e. The summed E-state index contributed by atoms with van der Waals surface area (Å²) < 4.78 is 53.7. The number of likely N-dealkylation sites (tertiary alicyclic amines) is 1. The Morgan fingerprint density at radius 2 is 1.84 bits per heavy atom. The van der Waals surface area contributed by atoms with Crippen molar-refractivity contribution < 1.29 is 27.2 Å². The number of amides is 2. The lowest BCUT2D eigenvalue weighted by Gasteiger charge is -2.37. The molecule has 1 saturated heterocycles. The first kappa shape index (κ1) is 32.8. The molecule has 2 aliphatic rings. The van der Waals surface area contributed by atoms with Crippen LogP contribution in [0.3, 0.4) is 0 Å². The van der Waals surface area contributed by atoms with Crippen molar-refractivity contribution in [3.8, 4) is 0 Å². The molecule has 2 aromatic carbocycles. The van der Waals surface area contributed by atoms with E-state index in [4.69, 9.17) is 0 Å². The zero-order chi connectivity index (χ0) is 31.7. The number of para-hydroxylation sites is 2. The van der Waals surface area contributed by atoms with Crippen LogP contribution in [-0.2, 0) is 15.8 Å². The number of nitrogens with zero attached hydrogens (tertiary/aromatic N) is 2. The second kappa shape index (κ2) is 14.6. The maximum atomic E-state index is 14.6. The zero-order valence-corrected chi connectivity index (χ0v) is 24.6. The molecule has 4 rings (SSSR count). The van der Waals surface area contributed by atoms with E-state index in [1.807, 2.05) is 19.1 Å². The molecule has 2 aromatic rings. The van der Waals surface area contributed by atoms with Crippen molar-refractivity contribution in [2.45, 2.75) is 44.8 Å². The van der Waals surface area contributed by atoms with Gasteiger partial charge >= 0.3 is 6.18 Å². The molecule has 2 atom stereocenters. The SMILES string of the molecule is C=Nc1ccccc1NC(=O)/C=C/C1=CCC(C)(C(NCCN2CCCCC2)C(=O)Nc2ccc(C(F)(F)F)cc2F)C=C1. The van der Waals surface area contributed by atoms with Crippen molar-refractivity contribution in [2.75, 3.05) is 36.8 Å². The summed E-state index contributed by atoms with van der Waals surface area (Å²) in [6.45, 7) is 8.57. The van der Waals surface area contributed by atoms with E-state index in [1.54, 1.807) is 36.4 Å². The van der Waals surface area contributed by atoms with Crippen molar-refractivity contribution in [1.29, 1.82) is 0 Å². The molecule has 234 valence electrons. The van der Waals surface area contributed by atoms with Crippen LogP contribution in [0.2, 0.25) is 0 Å². The number of aliphatic imine (C=N–C) groups is 1. The van der Waals surface area contributed by atoms with Gasteiger partial charge < -0.3 is 20.9 Å². The summed E-state index contributed by atoms with van der Waals surface area (Å²) in [6.07, 6.45) is 7.77. The molecule has 1 heterocycles. The molecule has 1 aliphatic carbocycles. The molecule has 0 spiro atoms. The summed E-state index contributed by atoms with van der Waals surface area (Å²) in [7, 11) is 0. The third-order valence-corrected chi connectivity index (χ3v) is 7.89. The van der Waals surface area contributed by atoms with Gasteiger partial charge in [0.15, 0.2) is 0 Å². The molecule has 0 bridgehead atoms. The maximum absolute atomic E-state index is 14.6. The highest BCUT2D eigenvalue weighted by molar-refractivity contribution is 6.01. The molecule has 0 radical (unpaired) electrons. The predicted octanol–water partition coefficient (Wildman–Crippen LogP) is 6.65. The number of nitrogens with one attached hydrogen (secondary N) is 3. The molecule has 7 nitrogen and oxygen atoms in total. The number of alkyl halides is 3. The van der Waals surface area contributed by atoms with Gasteiger partial charge in [-0.15, -0.1) is 0 Å².